The molecule has 270 valence electrons. The van der Waals surface area contributed by atoms with Crippen LogP contribution in [-0.2, 0) is 14.3 Å². The fourth-order valence-electron chi connectivity index (χ4n) is 6.16. The van der Waals surface area contributed by atoms with Crippen molar-refractivity contribution in [2.45, 2.75) is 232 Å². The van der Waals surface area contributed by atoms with Crippen molar-refractivity contribution in [2.24, 2.45) is 0 Å². The van der Waals surface area contributed by atoms with Gasteiger partial charge in [-0.1, -0.05) is 167 Å². The van der Waals surface area contributed by atoms with Crippen molar-refractivity contribution in [2.75, 3.05) is 0 Å². The van der Waals surface area contributed by atoms with E-state index in [1.165, 1.54) is 141 Å². The summed E-state index contributed by atoms with van der Waals surface area (Å²) < 4.78 is 6.03. The number of carboxylic acids is 1. The van der Waals surface area contributed by atoms with Gasteiger partial charge in [0.2, 0.25) is 0 Å². The molecule has 4 heteroatoms. The van der Waals surface area contributed by atoms with E-state index in [4.69, 9.17) is 9.84 Å². The smallest absolute Gasteiger partial charge is 0.306 e. The summed E-state index contributed by atoms with van der Waals surface area (Å²) in [4.78, 5) is 23.3. The first-order valence-electron chi connectivity index (χ1n) is 20.3. The molecule has 0 aromatic carbocycles. The summed E-state index contributed by atoms with van der Waals surface area (Å²) in [6.45, 7) is 4.52. The third kappa shape index (κ3) is 36.9. The molecule has 0 aliphatic rings. The second-order valence-corrected chi connectivity index (χ2v) is 13.8. The molecule has 0 aromatic heterocycles. The minimum Gasteiger partial charge on any atom is -0.481 e. The molecule has 0 amide bonds. The highest BCUT2D eigenvalue weighted by Crippen LogP contribution is 2.19. The van der Waals surface area contributed by atoms with Gasteiger partial charge in [-0.25, -0.2) is 0 Å². The van der Waals surface area contributed by atoms with E-state index in [0.717, 1.165) is 57.8 Å². The molecule has 0 heterocycles. The molecule has 0 aromatic rings. The van der Waals surface area contributed by atoms with Crippen molar-refractivity contribution in [1.29, 1.82) is 0 Å². The van der Waals surface area contributed by atoms with Gasteiger partial charge in [0.1, 0.15) is 6.10 Å². The van der Waals surface area contributed by atoms with E-state index in [-0.39, 0.29) is 12.1 Å². The van der Waals surface area contributed by atoms with Gasteiger partial charge in [0.25, 0.3) is 0 Å². The van der Waals surface area contributed by atoms with Crippen molar-refractivity contribution in [3.05, 3.63) is 24.3 Å². The Hall–Kier alpha value is -1.58. The number of ether oxygens (including phenoxy) is 1. The topological polar surface area (TPSA) is 63.6 Å². The molecule has 0 saturated heterocycles. The Kier molecular flexibility index (Phi) is 36.6. The van der Waals surface area contributed by atoms with E-state index in [2.05, 4.69) is 38.2 Å². The zero-order chi connectivity index (χ0) is 33.6. The minimum absolute atomic E-state index is 0.0218. The summed E-state index contributed by atoms with van der Waals surface area (Å²) in [6, 6.07) is 0. The van der Waals surface area contributed by atoms with Gasteiger partial charge < -0.3 is 9.84 Å². The summed E-state index contributed by atoms with van der Waals surface area (Å²) in [5.74, 6) is -0.660. The Morgan fingerprint density at radius 3 is 1.33 bits per heavy atom. The third-order valence-corrected chi connectivity index (χ3v) is 9.18. The molecule has 0 fully saturated rings. The summed E-state index contributed by atoms with van der Waals surface area (Å²) in [7, 11) is 0. The van der Waals surface area contributed by atoms with E-state index < -0.39 is 5.97 Å². The fraction of sp³-hybridized carbons (Fsp3) is 0.857. The van der Waals surface area contributed by atoms with Crippen molar-refractivity contribution in [3.63, 3.8) is 0 Å². The Morgan fingerprint density at radius 2 is 0.848 bits per heavy atom. The average molecular weight is 647 g/mol. The molecule has 0 saturated carbocycles. The van der Waals surface area contributed by atoms with Gasteiger partial charge >= 0.3 is 11.9 Å². The highest BCUT2D eigenvalue weighted by molar-refractivity contribution is 5.69. The van der Waals surface area contributed by atoms with Gasteiger partial charge in [0.05, 0.1) is 0 Å². The Bertz CT molecular complexity index is 698. The zero-order valence-electron chi connectivity index (χ0n) is 30.9. The molecular weight excluding hydrogens is 568 g/mol. The van der Waals surface area contributed by atoms with Crippen LogP contribution in [0.3, 0.4) is 0 Å². The summed E-state index contributed by atoms with van der Waals surface area (Å²) >= 11 is 0. The van der Waals surface area contributed by atoms with E-state index in [9.17, 15) is 9.59 Å². The summed E-state index contributed by atoms with van der Waals surface area (Å²) in [6.07, 6.45) is 47.7. The number of allylic oxidation sites excluding steroid dienone is 4. The number of carbonyl (C=O) groups excluding carboxylic acids is 1. The van der Waals surface area contributed by atoms with Crippen LogP contribution < -0.4 is 0 Å². The largest absolute Gasteiger partial charge is 0.481 e. The highest BCUT2D eigenvalue weighted by Gasteiger charge is 2.14. The van der Waals surface area contributed by atoms with Crippen LogP contribution in [0.25, 0.3) is 0 Å². The predicted molar refractivity (Wildman–Crippen MR) is 200 cm³/mol. The normalized spacial score (nSPS) is 12.4. The average Bonchev–Trinajstić information content (AvgIpc) is 3.04. The van der Waals surface area contributed by atoms with Crippen molar-refractivity contribution in [1.82, 2.24) is 0 Å². The van der Waals surface area contributed by atoms with Gasteiger partial charge in [0, 0.05) is 12.8 Å². The predicted octanol–water partition coefficient (Wildman–Crippen LogP) is 14.0. The molecule has 0 aliphatic heterocycles. The molecule has 1 atom stereocenters. The molecule has 1 unspecified atom stereocenters. The Morgan fingerprint density at radius 1 is 0.478 bits per heavy atom. The lowest BCUT2D eigenvalue weighted by Crippen LogP contribution is -2.18. The molecule has 0 aliphatic carbocycles. The lowest BCUT2D eigenvalue weighted by atomic mass is 10.0. The van der Waals surface area contributed by atoms with E-state index >= 15 is 0 Å². The number of unbranched alkanes of at least 4 members (excludes halogenated alkanes) is 24. The van der Waals surface area contributed by atoms with Gasteiger partial charge in [-0.05, 0) is 70.6 Å². The highest BCUT2D eigenvalue weighted by atomic mass is 16.5. The maximum absolute atomic E-state index is 12.7. The number of carboxylic acid groups (broad SMARTS) is 1. The molecule has 4 nitrogen and oxygen atoms in total. The van der Waals surface area contributed by atoms with Crippen LogP contribution in [0.4, 0.5) is 0 Å². The maximum Gasteiger partial charge on any atom is 0.306 e. The first kappa shape index (κ1) is 44.4. The van der Waals surface area contributed by atoms with Crippen LogP contribution in [0, 0.1) is 0 Å². The van der Waals surface area contributed by atoms with E-state index in [0.29, 0.717) is 12.8 Å². The Balaban J connectivity index is 4.00. The van der Waals surface area contributed by atoms with Crippen LogP contribution in [0.5, 0.6) is 0 Å². The lowest BCUT2D eigenvalue weighted by molar-refractivity contribution is -0.150. The van der Waals surface area contributed by atoms with Crippen molar-refractivity contribution in [3.8, 4) is 0 Å². The Labute approximate surface area is 287 Å². The van der Waals surface area contributed by atoms with Crippen LogP contribution in [-0.4, -0.2) is 23.1 Å². The number of esters is 1. The molecule has 0 bridgehead atoms. The molecule has 1 N–H and O–H groups in total. The first-order valence-corrected chi connectivity index (χ1v) is 20.3. The molecule has 0 rings (SSSR count). The third-order valence-electron chi connectivity index (χ3n) is 9.18. The van der Waals surface area contributed by atoms with Gasteiger partial charge in [-0.2, -0.15) is 0 Å². The van der Waals surface area contributed by atoms with Crippen LogP contribution in [0.1, 0.15) is 226 Å². The second kappa shape index (κ2) is 37.9. The fourth-order valence-corrected chi connectivity index (χ4v) is 6.16. The zero-order valence-corrected chi connectivity index (χ0v) is 30.9. The second-order valence-electron chi connectivity index (χ2n) is 13.8. The van der Waals surface area contributed by atoms with Crippen LogP contribution in [0.15, 0.2) is 24.3 Å². The van der Waals surface area contributed by atoms with E-state index in [1.807, 2.05) is 0 Å². The van der Waals surface area contributed by atoms with Crippen molar-refractivity contribution < 1.29 is 19.4 Å². The van der Waals surface area contributed by atoms with Gasteiger partial charge in [-0.3, -0.25) is 9.59 Å². The number of hydrogen-bond donors (Lipinski definition) is 1. The lowest BCUT2D eigenvalue weighted by Gasteiger charge is -2.18. The monoisotopic (exact) mass is 647 g/mol. The molecule has 46 heavy (non-hydrogen) atoms. The minimum atomic E-state index is -0.681. The molecular formula is C42H78O4. The maximum atomic E-state index is 12.7. The first-order chi connectivity index (χ1) is 22.6. The summed E-state index contributed by atoms with van der Waals surface area (Å²) in [5, 5.41) is 8.74. The number of rotatable bonds is 37. The van der Waals surface area contributed by atoms with Crippen LogP contribution in [0.2, 0.25) is 0 Å². The van der Waals surface area contributed by atoms with Crippen molar-refractivity contribution >= 4 is 11.9 Å². The van der Waals surface area contributed by atoms with E-state index in [1.54, 1.807) is 0 Å². The standard InChI is InChI=1S/C42H78O4/c1-3-5-7-9-11-13-14-15-16-17-18-19-20-21-27-31-35-39-42(45)46-40(36-32-28-24-12-10-8-6-4-2)37-33-29-25-22-23-26-30-34-38-41(43)44/h11,13,15-16,40H,3-10,12,14,17-39H2,1-2H3,(H,43,44)/b13-11-,16-15-. The molecule has 0 spiro atoms. The summed E-state index contributed by atoms with van der Waals surface area (Å²) in [5.41, 5.74) is 0. The number of carbonyl (C=O) groups is 2. The molecule has 0 radical (unpaired) electrons. The van der Waals surface area contributed by atoms with Gasteiger partial charge in [-0.15, -0.1) is 0 Å². The van der Waals surface area contributed by atoms with Crippen LogP contribution >= 0.6 is 0 Å². The SMILES string of the molecule is CCCCC/C=C\C/C=C\CCCCCCCCCC(=O)OC(CCCCCCCCCC)CCCCCCCCCCC(=O)O. The number of hydrogen-bond acceptors (Lipinski definition) is 3. The van der Waals surface area contributed by atoms with Gasteiger partial charge in [0.15, 0.2) is 0 Å². The quantitative estimate of drug-likeness (QED) is 0.0414. The number of aliphatic carboxylic acids is 1.